The molecule has 8 heteroatoms. The average molecular weight is 416 g/mol. The maximum absolute atomic E-state index is 13.2. The molecule has 0 heterocycles. The molecule has 0 bridgehead atoms. The second kappa shape index (κ2) is 11.8. The summed E-state index contributed by atoms with van der Waals surface area (Å²) in [5.74, 6) is 0.0716. The SMILES string of the molecule is C[N-]/C(=N/OC)c1cccc(C)c1CO/N=C(\C)c1ccc(F)cc1Cl.[K+]. The summed E-state index contributed by atoms with van der Waals surface area (Å²) in [7, 11) is 3.11. The Bertz CT molecular complexity index is 844. The van der Waals surface area contributed by atoms with Gasteiger partial charge in [-0.1, -0.05) is 42.0 Å². The number of halogens is 2. The number of hydrogen-bond donors (Lipinski definition) is 0. The third-order valence-corrected chi connectivity index (χ3v) is 4.08. The van der Waals surface area contributed by atoms with Gasteiger partial charge in [0.25, 0.3) is 0 Å². The predicted octanol–water partition coefficient (Wildman–Crippen LogP) is 2.04. The summed E-state index contributed by atoms with van der Waals surface area (Å²) in [4.78, 5) is 10.4. The average Bonchev–Trinajstić information content (AvgIpc) is 2.61. The predicted molar refractivity (Wildman–Crippen MR) is 102 cm³/mol. The van der Waals surface area contributed by atoms with E-state index < -0.39 is 5.82 Å². The molecule has 0 atom stereocenters. The van der Waals surface area contributed by atoms with Crippen LogP contribution in [0.25, 0.3) is 5.32 Å². The number of rotatable bonds is 6. The Balaban J connectivity index is 0.00000364. The van der Waals surface area contributed by atoms with Crippen molar-refractivity contribution in [2.75, 3.05) is 14.2 Å². The van der Waals surface area contributed by atoms with Crippen molar-refractivity contribution < 1.29 is 65.5 Å². The van der Waals surface area contributed by atoms with Crippen molar-refractivity contribution >= 4 is 23.1 Å². The first-order valence-electron chi connectivity index (χ1n) is 7.89. The summed E-state index contributed by atoms with van der Waals surface area (Å²) in [6, 6.07) is 9.91. The van der Waals surface area contributed by atoms with Crippen LogP contribution in [0.15, 0.2) is 46.7 Å². The first-order chi connectivity index (χ1) is 12.5. The molecule has 0 aliphatic heterocycles. The summed E-state index contributed by atoms with van der Waals surface area (Å²) < 4.78 is 13.2. The van der Waals surface area contributed by atoms with Gasteiger partial charge in [-0.2, -0.15) is 0 Å². The van der Waals surface area contributed by atoms with Gasteiger partial charge in [-0.05, 0) is 49.0 Å². The Hall–Kier alpha value is -0.964. The smallest absolute Gasteiger partial charge is 0.497 e. The van der Waals surface area contributed by atoms with Gasteiger partial charge in [0.1, 0.15) is 12.4 Å². The molecule has 0 aromatic heterocycles. The Kier molecular flexibility index (Phi) is 10.5. The van der Waals surface area contributed by atoms with E-state index >= 15 is 0 Å². The molecule has 0 N–H and O–H groups in total. The third kappa shape index (κ3) is 6.55. The van der Waals surface area contributed by atoms with Gasteiger partial charge in [-0.25, -0.2) is 4.39 Å². The molecule has 2 rings (SSSR count). The number of oxime groups is 2. The molecule has 0 aliphatic carbocycles. The minimum atomic E-state index is -0.398. The van der Waals surface area contributed by atoms with Gasteiger partial charge in [0.2, 0.25) is 0 Å². The fourth-order valence-electron chi connectivity index (χ4n) is 2.43. The molecular weight excluding hydrogens is 396 g/mol. The minimum Gasteiger partial charge on any atom is -0.497 e. The van der Waals surface area contributed by atoms with E-state index in [1.54, 1.807) is 20.0 Å². The van der Waals surface area contributed by atoms with Crippen LogP contribution in [-0.4, -0.2) is 25.7 Å². The van der Waals surface area contributed by atoms with E-state index in [4.69, 9.17) is 21.3 Å². The van der Waals surface area contributed by atoms with E-state index in [0.717, 1.165) is 16.7 Å². The van der Waals surface area contributed by atoms with Crippen molar-refractivity contribution in [3.05, 3.63) is 74.8 Å². The second-order valence-electron chi connectivity index (χ2n) is 5.50. The molecule has 0 unspecified atom stereocenters. The summed E-state index contributed by atoms with van der Waals surface area (Å²) in [5.41, 5.74) is 3.89. The van der Waals surface area contributed by atoms with Gasteiger partial charge in [0.15, 0.2) is 0 Å². The van der Waals surface area contributed by atoms with Crippen LogP contribution in [-0.2, 0) is 16.3 Å². The molecule has 27 heavy (non-hydrogen) atoms. The number of benzene rings is 2. The van der Waals surface area contributed by atoms with E-state index in [1.807, 2.05) is 25.1 Å². The van der Waals surface area contributed by atoms with Gasteiger partial charge in [0, 0.05) is 11.1 Å². The largest absolute Gasteiger partial charge is 1.00 e. The van der Waals surface area contributed by atoms with Crippen LogP contribution in [0.1, 0.15) is 29.2 Å². The Morgan fingerprint density at radius 2 is 1.93 bits per heavy atom. The van der Waals surface area contributed by atoms with Crippen LogP contribution in [0.2, 0.25) is 5.02 Å². The molecule has 0 amide bonds. The quantitative estimate of drug-likeness (QED) is 0.314. The van der Waals surface area contributed by atoms with E-state index in [9.17, 15) is 4.39 Å². The Labute approximate surface area is 206 Å². The first kappa shape index (κ1) is 24.1. The molecule has 0 saturated heterocycles. The monoisotopic (exact) mass is 415 g/mol. The maximum atomic E-state index is 13.2. The zero-order valence-corrected chi connectivity index (χ0v) is 20.0. The summed E-state index contributed by atoms with van der Waals surface area (Å²) in [6.45, 7) is 3.93. The van der Waals surface area contributed by atoms with Gasteiger partial charge in [-0.15, -0.1) is 0 Å². The van der Waals surface area contributed by atoms with Crippen LogP contribution in [0.4, 0.5) is 4.39 Å². The molecule has 0 radical (unpaired) electrons. The van der Waals surface area contributed by atoms with E-state index in [0.29, 0.717) is 17.1 Å². The van der Waals surface area contributed by atoms with E-state index in [1.165, 1.54) is 19.2 Å². The van der Waals surface area contributed by atoms with Crippen LogP contribution < -0.4 is 51.4 Å². The molecule has 0 aliphatic rings. The van der Waals surface area contributed by atoms with Crippen molar-refractivity contribution in [1.29, 1.82) is 0 Å². The zero-order valence-electron chi connectivity index (χ0n) is 16.1. The molecule has 0 saturated carbocycles. The number of amidine groups is 1. The van der Waals surface area contributed by atoms with Gasteiger partial charge < -0.3 is 15.0 Å². The zero-order chi connectivity index (χ0) is 19.1. The molecule has 0 fully saturated rings. The Morgan fingerprint density at radius 1 is 1.19 bits per heavy atom. The number of aryl methyl sites for hydroxylation is 1. The molecule has 2 aromatic rings. The molecule has 5 nitrogen and oxygen atoms in total. The van der Waals surface area contributed by atoms with Crippen molar-refractivity contribution in [1.82, 2.24) is 0 Å². The fraction of sp³-hybridized carbons (Fsp3) is 0.263. The number of hydrogen-bond acceptors (Lipinski definition) is 4. The third-order valence-electron chi connectivity index (χ3n) is 3.77. The molecule has 0 spiro atoms. The summed E-state index contributed by atoms with van der Waals surface area (Å²) in [6.07, 6.45) is 0. The van der Waals surface area contributed by atoms with E-state index in [-0.39, 0.29) is 63.0 Å². The van der Waals surface area contributed by atoms with Crippen molar-refractivity contribution in [2.45, 2.75) is 20.5 Å². The molecular formula is C19H20ClFKN3O2. The van der Waals surface area contributed by atoms with Crippen LogP contribution >= 0.6 is 11.6 Å². The maximum Gasteiger partial charge on any atom is 1.00 e. The van der Waals surface area contributed by atoms with Crippen molar-refractivity contribution in [3.63, 3.8) is 0 Å². The van der Waals surface area contributed by atoms with Gasteiger partial charge >= 0.3 is 51.4 Å². The molecule has 138 valence electrons. The van der Waals surface area contributed by atoms with Crippen LogP contribution in [0, 0.1) is 12.7 Å². The fourth-order valence-corrected chi connectivity index (χ4v) is 2.73. The summed E-state index contributed by atoms with van der Waals surface area (Å²) >= 11 is 6.05. The molecule has 2 aromatic carbocycles. The first-order valence-corrected chi connectivity index (χ1v) is 8.27. The topological polar surface area (TPSA) is 57.3 Å². The normalized spacial score (nSPS) is 11.6. The standard InChI is InChI=1S/C19H20ClFN3O2.K/c1-12-6-5-7-16(19(22-3)24-25-4)17(12)11-26-23-13(2)15-9-8-14(21)10-18(15)20;/h5-10H,11H2,1-4H3;/q-1;+1/b23-13+;. The van der Waals surface area contributed by atoms with Crippen molar-refractivity contribution in [3.8, 4) is 0 Å². The van der Waals surface area contributed by atoms with Crippen LogP contribution in [0.5, 0.6) is 0 Å². The number of nitrogens with zero attached hydrogens (tertiary/aromatic N) is 3. The Morgan fingerprint density at radius 3 is 2.56 bits per heavy atom. The van der Waals surface area contributed by atoms with Gasteiger partial charge in [-0.3, -0.25) is 5.16 Å². The second-order valence-corrected chi connectivity index (χ2v) is 5.90. The summed E-state index contributed by atoms with van der Waals surface area (Å²) in [5, 5.41) is 12.5. The van der Waals surface area contributed by atoms with Crippen molar-refractivity contribution in [2.24, 2.45) is 10.3 Å². The minimum absolute atomic E-state index is 0. The van der Waals surface area contributed by atoms with Crippen LogP contribution in [0.3, 0.4) is 0 Å². The van der Waals surface area contributed by atoms with E-state index in [2.05, 4.69) is 15.6 Å². The van der Waals surface area contributed by atoms with Gasteiger partial charge in [0.05, 0.1) is 17.8 Å².